The summed E-state index contributed by atoms with van der Waals surface area (Å²) in [4.78, 5) is 20.0. The molecular formula is C19H23ClFN5O. The Bertz CT molecular complexity index is 811. The first kappa shape index (κ1) is 20.6. The van der Waals surface area contributed by atoms with Crippen LogP contribution in [0.4, 0.5) is 10.1 Å². The number of nitrogens with zero attached hydrogens (tertiary/aromatic N) is 2. The predicted molar refractivity (Wildman–Crippen MR) is 107 cm³/mol. The van der Waals surface area contributed by atoms with Crippen molar-refractivity contribution in [2.75, 3.05) is 25.5 Å². The molecule has 8 heteroatoms. The summed E-state index contributed by atoms with van der Waals surface area (Å²) in [6, 6.07) is 7.86. The first-order valence-electron chi connectivity index (χ1n) is 8.42. The highest BCUT2D eigenvalue weighted by molar-refractivity contribution is 6.31. The number of amides is 1. The first-order valence-corrected chi connectivity index (χ1v) is 8.79. The van der Waals surface area contributed by atoms with Crippen LogP contribution in [-0.2, 0) is 10.2 Å². The van der Waals surface area contributed by atoms with Crippen molar-refractivity contribution in [3.8, 4) is 0 Å². The third kappa shape index (κ3) is 6.21. The maximum absolute atomic E-state index is 13.3. The van der Waals surface area contributed by atoms with Crippen molar-refractivity contribution in [1.29, 1.82) is 0 Å². The summed E-state index contributed by atoms with van der Waals surface area (Å²) in [6.45, 7) is 4.51. The van der Waals surface area contributed by atoms with E-state index in [4.69, 9.17) is 11.6 Å². The van der Waals surface area contributed by atoms with Gasteiger partial charge in [-0.3, -0.25) is 14.8 Å². The van der Waals surface area contributed by atoms with E-state index >= 15 is 0 Å². The van der Waals surface area contributed by atoms with Crippen LogP contribution in [0, 0.1) is 5.82 Å². The number of anilines is 1. The third-order valence-electron chi connectivity index (χ3n) is 3.94. The van der Waals surface area contributed by atoms with Gasteiger partial charge in [0.25, 0.3) is 0 Å². The molecule has 0 fully saturated rings. The van der Waals surface area contributed by atoms with Crippen molar-refractivity contribution in [2.24, 2.45) is 4.99 Å². The van der Waals surface area contributed by atoms with Gasteiger partial charge < -0.3 is 16.0 Å². The molecule has 0 spiro atoms. The van der Waals surface area contributed by atoms with Gasteiger partial charge in [0.2, 0.25) is 5.91 Å². The highest BCUT2D eigenvalue weighted by Gasteiger charge is 2.24. The van der Waals surface area contributed by atoms with E-state index in [2.05, 4.69) is 25.9 Å². The number of hydrogen-bond donors (Lipinski definition) is 3. The van der Waals surface area contributed by atoms with Crippen LogP contribution in [0.5, 0.6) is 0 Å². The normalized spacial score (nSPS) is 11.8. The van der Waals surface area contributed by atoms with Crippen molar-refractivity contribution in [2.45, 2.75) is 19.3 Å². The fourth-order valence-corrected chi connectivity index (χ4v) is 2.89. The van der Waals surface area contributed by atoms with E-state index in [1.165, 1.54) is 12.1 Å². The Morgan fingerprint density at radius 1 is 1.30 bits per heavy atom. The second kappa shape index (κ2) is 9.32. The molecule has 0 unspecified atom stereocenters. The fourth-order valence-electron chi connectivity index (χ4n) is 2.46. The molecule has 1 amide bonds. The van der Waals surface area contributed by atoms with Gasteiger partial charge in [0.1, 0.15) is 5.82 Å². The van der Waals surface area contributed by atoms with Crippen LogP contribution in [0.1, 0.15) is 19.4 Å². The number of carbonyl (C=O) groups excluding carboxylic acids is 1. The Hall–Kier alpha value is -2.67. The molecule has 1 aromatic carbocycles. The smallest absolute Gasteiger partial charge is 0.243 e. The summed E-state index contributed by atoms with van der Waals surface area (Å²) in [5, 5.41) is 9.22. The zero-order valence-electron chi connectivity index (χ0n) is 15.5. The van der Waals surface area contributed by atoms with Crippen LogP contribution in [0.2, 0.25) is 5.02 Å². The highest BCUT2D eigenvalue weighted by Crippen LogP contribution is 2.29. The molecule has 0 radical (unpaired) electrons. The lowest BCUT2D eigenvalue weighted by Gasteiger charge is -2.27. The largest absolute Gasteiger partial charge is 0.356 e. The number of rotatable bonds is 6. The average Bonchev–Trinajstić information content (AvgIpc) is 2.62. The molecule has 3 N–H and O–H groups in total. The Kier molecular flexibility index (Phi) is 7.12. The molecule has 2 aromatic rings. The zero-order valence-corrected chi connectivity index (χ0v) is 16.3. The summed E-state index contributed by atoms with van der Waals surface area (Å²) in [7, 11) is 1.62. The van der Waals surface area contributed by atoms with Crippen molar-refractivity contribution < 1.29 is 9.18 Å². The Morgan fingerprint density at radius 3 is 2.70 bits per heavy atom. The number of aliphatic imine (C=N–C) groups is 1. The number of aromatic nitrogens is 1. The number of benzene rings is 1. The van der Waals surface area contributed by atoms with Gasteiger partial charge >= 0.3 is 0 Å². The Balaban J connectivity index is 1.88. The lowest BCUT2D eigenvalue weighted by Crippen LogP contribution is -2.45. The van der Waals surface area contributed by atoms with Crippen LogP contribution in [0.3, 0.4) is 0 Å². The second-order valence-electron chi connectivity index (χ2n) is 6.58. The molecule has 0 saturated carbocycles. The Morgan fingerprint density at radius 2 is 2.07 bits per heavy atom. The molecule has 144 valence electrons. The molecule has 0 bridgehead atoms. The van der Waals surface area contributed by atoms with E-state index < -0.39 is 0 Å². The molecule has 6 nitrogen and oxygen atoms in total. The van der Waals surface area contributed by atoms with E-state index in [-0.39, 0.29) is 23.7 Å². The van der Waals surface area contributed by atoms with Gasteiger partial charge in [0.15, 0.2) is 5.96 Å². The maximum atomic E-state index is 13.3. The minimum Gasteiger partial charge on any atom is -0.356 e. The second-order valence-corrected chi connectivity index (χ2v) is 6.98. The summed E-state index contributed by atoms with van der Waals surface area (Å²) >= 11 is 6.17. The fraction of sp³-hybridized carbons (Fsp3) is 0.316. The summed E-state index contributed by atoms with van der Waals surface area (Å²) in [5.41, 5.74) is 1.07. The van der Waals surface area contributed by atoms with Crippen LogP contribution in [0.25, 0.3) is 0 Å². The number of carbonyl (C=O) groups is 1. The highest BCUT2D eigenvalue weighted by atomic mass is 35.5. The zero-order chi connectivity index (χ0) is 19.9. The van der Waals surface area contributed by atoms with E-state index in [9.17, 15) is 9.18 Å². The molecule has 1 aromatic heterocycles. The molecule has 0 atom stereocenters. The van der Waals surface area contributed by atoms with Crippen molar-refractivity contribution in [1.82, 2.24) is 15.6 Å². The number of nitrogens with one attached hydrogen (secondary N) is 3. The molecule has 27 heavy (non-hydrogen) atoms. The summed E-state index contributed by atoms with van der Waals surface area (Å²) in [5.74, 6) is -0.112. The van der Waals surface area contributed by atoms with Gasteiger partial charge in [-0.25, -0.2) is 4.39 Å². The molecule has 2 rings (SSSR count). The van der Waals surface area contributed by atoms with Gasteiger partial charge in [0, 0.05) is 30.2 Å². The first-order chi connectivity index (χ1) is 12.8. The van der Waals surface area contributed by atoms with Gasteiger partial charge in [-0.2, -0.15) is 0 Å². The van der Waals surface area contributed by atoms with Crippen LogP contribution >= 0.6 is 11.6 Å². The Labute approximate surface area is 163 Å². The van der Waals surface area contributed by atoms with Crippen LogP contribution in [-0.4, -0.2) is 37.0 Å². The summed E-state index contributed by atoms with van der Waals surface area (Å²) < 4.78 is 13.3. The van der Waals surface area contributed by atoms with Gasteiger partial charge in [-0.05, 0) is 29.8 Å². The number of pyridine rings is 1. The van der Waals surface area contributed by atoms with Gasteiger partial charge in [-0.1, -0.05) is 31.5 Å². The van der Waals surface area contributed by atoms with E-state index in [0.29, 0.717) is 23.2 Å². The molecular weight excluding hydrogens is 369 g/mol. The minimum absolute atomic E-state index is 0.0479. The van der Waals surface area contributed by atoms with Crippen molar-refractivity contribution in [3.63, 3.8) is 0 Å². The van der Waals surface area contributed by atoms with Crippen molar-refractivity contribution in [3.05, 3.63) is 59.1 Å². The summed E-state index contributed by atoms with van der Waals surface area (Å²) in [6.07, 6.45) is 3.20. The van der Waals surface area contributed by atoms with Crippen LogP contribution < -0.4 is 16.0 Å². The predicted octanol–water partition coefficient (Wildman–Crippen LogP) is 2.96. The lowest BCUT2D eigenvalue weighted by atomic mass is 9.84. The minimum atomic E-state index is -0.375. The van der Waals surface area contributed by atoms with E-state index in [0.717, 1.165) is 5.56 Å². The monoisotopic (exact) mass is 391 g/mol. The van der Waals surface area contributed by atoms with Crippen molar-refractivity contribution >= 4 is 29.2 Å². The number of guanidine groups is 1. The maximum Gasteiger partial charge on any atom is 0.243 e. The molecule has 0 saturated heterocycles. The molecule has 1 heterocycles. The number of hydrogen-bond acceptors (Lipinski definition) is 3. The van der Waals surface area contributed by atoms with E-state index in [1.807, 2.05) is 13.8 Å². The molecule has 0 aliphatic rings. The van der Waals surface area contributed by atoms with E-state index in [1.54, 1.807) is 37.6 Å². The molecule has 0 aliphatic carbocycles. The lowest BCUT2D eigenvalue weighted by molar-refractivity contribution is -0.115. The van der Waals surface area contributed by atoms with Gasteiger partial charge in [0.05, 0.1) is 18.4 Å². The molecule has 0 aliphatic heterocycles. The SMILES string of the molecule is CN=C(NCC(=O)Nc1cccnc1)NCC(C)(C)c1ccc(F)cc1Cl. The topological polar surface area (TPSA) is 78.4 Å². The number of halogens is 2. The average molecular weight is 392 g/mol. The van der Waals surface area contributed by atoms with Gasteiger partial charge in [-0.15, -0.1) is 0 Å². The quantitative estimate of drug-likeness (QED) is 0.522. The standard InChI is InChI=1S/C19H23ClFN5O/c1-19(2,15-7-6-13(21)9-16(15)20)12-25-18(22-3)24-11-17(27)26-14-5-4-8-23-10-14/h4-10H,11-12H2,1-3H3,(H,26,27)(H2,22,24,25). The van der Waals surface area contributed by atoms with Crippen LogP contribution in [0.15, 0.2) is 47.7 Å². The third-order valence-corrected chi connectivity index (χ3v) is 4.26.